The van der Waals surface area contributed by atoms with Crippen LogP contribution in [0.4, 0.5) is 0 Å². The summed E-state index contributed by atoms with van der Waals surface area (Å²) in [6.45, 7) is 8.31. The number of rotatable bonds is 0. The van der Waals surface area contributed by atoms with Gasteiger partial charge in [0.05, 0.1) is 0 Å². The third-order valence-electron chi connectivity index (χ3n) is 1.90. The molecule has 1 nitrogen and oxygen atoms in total. The molecule has 0 bridgehead atoms. The molecule has 0 unspecified atom stereocenters. The largest absolute Gasteiger partial charge is 0.258 e. The van der Waals surface area contributed by atoms with E-state index in [2.05, 4.69) is 31.8 Å². The van der Waals surface area contributed by atoms with Crippen LogP contribution in [-0.2, 0) is 0 Å². The van der Waals surface area contributed by atoms with E-state index in [1.54, 1.807) is 0 Å². The normalized spacial score (nSPS) is 10.0. The molecule has 0 saturated carbocycles. The number of hydrogen-bond acceptors (Lipinski definition) is 1. The Kier molecular flexibility index (Phi) is 1.75. The van der Waals surface area contributed by atoms with Crippen molar-refractivity contribution in [1.29, 1.82) is 0 Å². The zero-order valence-corrected chi connectivity index (χ0v) is 7.02. The van der Waals surface area contributed by atoms with Gasteiger partial charge in [0.25, 0.3) is 0 Å². The van der Waals surface area contributed by atoms with E-state index in [-0.39, 0.29) is 0 Å². The topological polar surface area (TPSA) is 12.9 Å². The van der Waals surface area contributed by atoms with Crippen molar-refractivity contribution in [1.82, 2.24) is 4.98 Å². The van der Waals surface area contributed by atoms with Gasteiger partial charge in [0.1, 0.15) is 0 Å². The van der Waals surface area contributed by atoms with Gasteiger partial charge in [-0.2, -0.15) is 0 Å². The Balaban J connectivity index is 3.31. The lowest BCUT2D eigenvalue weighted by atomic mass is 10.1. The van der Waals surface area contributed by atoms with E-state index in [1.165, 1.54) is 11.1 Å². The Morgan fingerprint density at radius 1 is 1.10 bits per heavy atom. The smallest absolute Gasteiger partial charge is 0.0407 e. The Labute approximate surface area is 62.1 Å². The highest BCUT2D eigenvalue weighted by molar-refractivity contribution is 5.29. The molecule has 0 aromatic carbocycles. The van der Waals surface area contributed by atoms with Crippen molar-refractivity contribution in [2.24, 2.45) is 0 Å². The van der Waals surface area contributed by atoms with Crippen LogP contribution in [0, 0.1) is 27.7 Å². The summed E-state index contributed by atoms with van der Waals surface area (Å²) in [6, 6.07) is 2.11. The van der Waals surface area contributed by atoms with Gasteiger partial charge in [-0.3, -0.25) is 4.98 Å². The fraction of sp³-hybridized carbons (Fsp3) is 0.444. The van der Waals surface area contributed by atoms with Crippen LogP contribution in [0.3, 0.4) is 0 Å². The van der Waals surface area contributed by atoms with Gasteiger partial charge in [-0.1, -0.05) is 0 Å². The van der Waals surface area contributed by atoms with Crippen LogP contribution in [0.15, 0.2) is 6.07 Å². The first kappa shape index (κ1) is 7.26. The molecular weight excluding hydrogens is 122 g/mol. The number of aryl methyl sites for hydroxylation is 3. The second-order valence-corrected chi connectivity index (χ2v) is 2.79. The van der Waals surface area contributed by atoms with Gasteiger partial charge < -0.3 is 0 Å². The predicted molar refractivity (Wildman–Crippen MR) is 43.2 cm³/mol. The van der Waals surface area contributed by atoms with E-state index in [0.717, 1.165) is 11.4 Å². The quantitative estimate of drug-likeness (QED) is 0.532. The summed E-state index contributed by atoms with van der Waals surface area (Å²) >= 11 is 0. The minimum absolute atomic E-state index is 1.11. The summed E-state index contributed by atoms with van der Waals surface area (Å²) in [5.41, 5.74) is 4.91. The average Bonchev–Trinajstić information content (AvgIpc) is 1.82. The Morgan fingerprint density at radius 3 is 2.20 bits per heavy atom. The van der Waals surface area contributed by atoms with E-state index >= 15 is 0 Å². The summed E-state index contributed by atoms with van der Waals surface area (Å²) in [5, 5.41) is 0. The SMILES string of the molecule is Cc1cc(C)c(C)c(C)n1. The molecule has 0 atom stereocenters. The third-order valence-corrected chi connectivity index (χ3v) is 1.90. The second kappa shape index (κ2) is 2.41. The molecule has 0 amide bonds. The summed E-state index contributed by atoms with van der Waals surface area (Å²) in [4.78, 5) is 4.33. The Hall–Kier alpha value is -0.850. The molecule has 0 saturated heterocycles. The highest BCUT2D eigenvalue weighted by Gasteiger charge is 1.97. The van der Waals surface area contributed by atoms with E-state index in [0.29, 0.717) is 0 Å². The third kappa shape index (κ3) is 1.18. The molecule has 0 aliphatic rings. The lowest BCUT2D eigenvalue weighted by molar-refractivity contribution is 1.07. The Bertz CT molecular complexity index is 228. The fourth-order valence-corrected chi connectivity index (χ4v) is 1.09. The van der Waals surface area contributed by atoms with E-state index in [4.69, 9.17) is 0 Å². The van der Waals surface area contributed by atoms with Crippen LogP contribution in [0.25, 0.3) is 0 Å². The van der Waals surface area contributed by atoms with Crippen molar-refractivity contribution < 1.29 is 0 Å². The molecule has 1 aromatic heterocycles. The standard InChI is InChI=1S/C9H13N/c1-6-5-7(2)10-9(4)8(6)3/h5H,1-4H3. The molecule has 0 aliphatic carbocycles. The summed E-state index contributed by atoms with van der Waals surface area (Å²) in [5.74, 6) is 0. The minimum atomic E-state index is 1.11. The Morgan fingerprint density at radius 2 is 1.70 bits per heavy atom. The number of nitrogens with zero attached hydrogens (tertiary/aromatic N) is 1. The molecule has 0 fully saturated rings. The molecule has 10 heavy (non-hydrogen) atoms. The van der Waals surface area contributed by atoms with Crippen LogP contribution in [0.2, 0.25) is 0 Å². The van der Waals surface area contributed by atoms with E-state index in [9.17, 15) is 0 Å². The zero-order chi connectivity index (χ0) is 7.72. The first-order chi connectivity index (χ1) is 4.61. The second-order valence-electron chi connectivity index (χ2n) is 2.79. The molecular formula is C9H13N. The van der Waals surface area contributed by atoms with Crippen LogP contribution in [0.1, 0.15) is 22.5 Å². The van der Waals surface area contributed by atoms with Crippen molar-refractivity contribution >= 4 is 0 Å². The number of hydrogen-bond donors (Lipinski definition) is 0. The van der Waals surface area contributed by atoms with Gasteiger partial charge in [0.2, 0.25) is 0 Å². The maximum absolute atomic E-state index is 4.33. The molecule has 0 radical (unpaired) electrons. The molecule has 1 aromatic rings. The maximum Gasteiger partial charge on any atom is 0.0407 e. The van der Waals surface area contributed by atoms with E-state index in [1.807, 2.05) is 6.92 Å². The monoisotopic (exact) mass is 135 g/mol. The summed E-state index contributed by atoms with van der Waals surface area (Å²) in [6.07, 6.45) is 0. The molecule has 0 spiro atoms. The minimum Gasteiger partial charge on any atom is -0.258 e. The van der Waals surface area contributed by atoms with E-state index < -0.39 is 0 Å². The summed E-state index contributed by atoms with van der Waals surface area (Å²) < 4.78 is 0. The molecule has 0 N–H and O–H groups in total. The molecule has 1 heterocycles. The van der Waals surface area contributed by atoms with Crippen molar-refractivity contribution in [2.75, 3.05) is 0 Å². The first-order valence-electron chi connectivity index (χ1n) is 3.52. The van der Waals surface area contributed by atoms with Gasteiger partial charge in [-0.05, 0) is 44.9 Å². The van der Waals surface area contributed by atoms with Crippen LogP contribution in [0.5, 0.6) is 0 Å². The van der Waals surface area contributed by atoms with Gasteiger partial charge in [-0.15, -0.1) is 0 Å². The highest BCUT2D eigenvalue weighted by atomic mass is 14.7. The van der Waals surface area contributed by atoms with Crippen LogP contribution >= 0.6 is 0 Å². The van der Waals surface area contributed by atoms with Crippen LogP contribution < -0.4 is 0 Å². The molecule has 0 aliphatic heterocycles. The highest BCUT2D eigenvalue weighted by Crippen LogP contribution is 2.10. The summed E-state index contributed by atoms with van der Waals surface area (Å²) in [7, 11) is 0. The van der Waals surface area contributed by atoms with Gasteiger partial charge in [0, 0.05) is 11.4 Å². The zero-order valence-electron chi connectivity index (χ0n) is 7.02. The number of pyridine rings is 1. The fourth-order valence-electron chi connectivity index (χ4n) is 1.09. The van der Waals surface area contributed by atoms with Crippen LogP contribution in [-0.4, -0.2) is 4.98 Å². The molecule has 1 rings (SSSR count). The van der Waals surface area contributed by atoms with Gasteiger partial charge >= 0.3 is 0 Å². The van der Waals surface area contributed by atoms with Crippen molar-refractivity contribution in [3.8, 4) is 0 Å². The number of aromatic nitrogens is 1. The lowest BCUT2D eigenvalue weighted by Crippen LogP contribution is -1.92. The predicted octanol–water partition coefficient (Wildman–Crippen LogP) is 2.32. The van der Waals surface area contributed by atoms with Crippen molar-refractivity contribution in [2.45, 2.75) is 27.7 Å². The van der Waals surface area contributed by atoms with Gasteiger partial charge in [-0.25, -0.2) is 0 Å². The maximum atomic E-state index is 4.33. The van der Waals surface area contributed by atoms with Crippen molar-refractivity contribution in [3.63, 3.8) is 0 Å². The average molecular weight is 135 g/mol. The molecule has 54 valence electrons. The van der Waals surface area contributed by atoms with Gasteiger partial charge in [0.15, 0.2) is 0 Å². The van der Waals surface area contributed by atoms with Crippen molar-refractivity contribution in [3.05, 3.63) is 28.6 Å². The first-order valence-corrected chi connectivity index (χ1v) is 3.52. The lowest BCUT2D eigenvalue weighted by Gasteiger charge is -2.03. The molecule has 1 heteroatoms.